The van der Waals surface area contributed by atoms with Crippen molar-refractivity contribution in [3.05, 3.63) is 40.6 Å². The number of nitrogens with one attached hydrogen (secondary N) is 1. The molecular formula is C17H24IN3O2S. The lowest BCUT2D eigenvalue weighted by atomic mass is 9.92. The van der Waals surface area contributed by atoms with Crippen molar-refractivity contribution < 1.29 is 9.47 Å². The molecule has 0 radical (unpaired) electrons. The van der Waals surface area contributed by atoms with Gasteiger partial charge in [-0.2, -0.15) is 0 Å². The zero-order valence-electron chi connectivity index (χ0n) is 14.3. The molecule has 0 atom stereocenters. The Kier molecular flexibility index (Phi) is 7.82. The van der Waals surface area contributed by atoms with Gasteiger partial charge < -0.3 is 20.5 Å². The van der Waals surface area contributed by atoms with Crippen LogP contribution in [-0.4, -0.2) is 26.7 Å². The summed E-state index contributed by atoms with van der Waals surface area (Å²) in [5.74, 6) is 1.69. The molecule has 0 aliphatic carbocycles. The van der Waals surface area contributed by atoms with Crippen LogP contribution in [0.15, 0.2) is 40.7 Å². The van der Waals surface area contributed by atoms with Gasteiger partial charge in [0.05, 0.1) is 20.8 Å². The van der Waals surface area contributed by atoms with Crippen molar-refractivity contribution in [3.8, 4) is 11.5 Å². The number of rotatable bonds is 6. The number of aliphatic imine (C=N–C) groups is 1. The highest BCUT2D eigenvalue weighted by Crippen LogP contribution is 2.30. The minimum Gasteiger partial charge on any atom is -0.493 e. The predicted octanol–water partition coefficient (Wildman–Crippen LogP) is 4.09. The molecule has 1 heterocycles. The fourth-order valence-electron chi connectivity index (χ4n) is 2.13. The summed E-state index contributed by atoms with van der Waals surface area (Å²) in [4.78, 5) is 5.75. The number of hydrogen-bond acceptors (Lipinski definition) is 4. The van der Waals surface area contributed by atoms with E-state index in [-0.39, 0.29) is 29.4 Å². The van der Waals surface area contributed by atoms with Crippen molar-refractivity contribution in [2.24, 2.45) is 10.7 Å². The highest BCUT2D eigenvalue weighted by atomic mass is 127. The van der Waals surface area contributed by atoms with Crippen molar-refractivity contribution in [1.82, 2.24) is 0 Å². The number of guanidine groups is 1. The van der Waals surface area contributed by atoms with E-state index >= 15 is 0 Å². The average Bonchev–Trinajstić information content (AvgIpc) is 3.08. The van der Waals surface area contributed by atoms with E-state index in [4.69, 9.17) is 15.2 Å². The summed E-state index contributed by atoms with van der Waals surface area (Å²) in [5, 5.41) is 5.16. The first-order valence-corrected chi connectivity index (χ1v) is 8.17. The van der Waals surface area contributed by atoms with Crippen LogP contribution in [0.25, 0.3) is 0 Å². The van der Waals surface area contributed by atoms with Gasteiger partial charge in [-0.05, 0) is 23.6 Å². The number of ether oxygens (including phenoxy) is 2. The van der Waals surface area contributed by atoms with E-state index in [1.165, 1.54) is 4.88 Å². The molecule has 0 unspecified atom stereocenters. The van der Waals surface area contributed by atoms with E-state index in [1.54, 1.807) is 25.6 Å². The van der Waals surface area contributed by atoms with Crippen LogP contribution in [0.1, 0.15) is 18.7 Å². The molecule has 5 nitrogen and oxygen atoms in total. The predicted molar refractivity (Wildman–Crippen MR) is 112 cm³/mol. The summed E-state index contributed by atoms with van der Waals surface area (Å²) in [6.07, 6.45) is 0. The van der Waals surface area contributed by atoms with Crippen LogP contribution in [0, 0.1) is 0 Å². The van der Waals surface area contributed by atoms with Crippen molar-refractivity contribution in [2.45, 2.75) is 19.3 Å². The molecule has 24 heavy (non-hydrogen) atoms. The van der Waals surface area contributed by atoms with E-state index in [1.807, 2.05) is 18.2 Å². The summed E-state index contributed by atoms with van der Waals surface area (Å²) < 4.78 is 10.5. The third-order valence-electron chi connectivity index (χ3n) is 3.49. The SMILES string of the molecule is COc1ccc(NC(N)=NCC(C)(C)c2cccs2)cc1OC.I. The molecule has 2 rings (SSSR count). The number of hydrogen-bond donors (Lipinski definition) is 2. The third kappa shape index (κ3) is 5.27. The molecule has 0 fully saturated rings. The number of benzene rings is 1. The van der Waals surface area contributed by atoms with E-state index in [9.17, 15) is 0 Å². The zero-order chi connectivity index (χ0) is 16.9. The van der Waals surface area contributed by atoms with Crippen LogP contribution in [0.3, 0.4) is 0 Å². The lowest BCUT2D eigenvalue weighted by Crippen LogP contribution is -2.27. The van der Waals surface area contributed by atoms with Crippen LogP contribution >= 0.6 is 35.3 Å². The molecule has 0 amide bonds. The molecular weight excluding hydrogens is 437 g/mol. The number of thiophene rings is 1. The van der Waals surface area contributed by atoms with Gasteiger partial charge in [-0.3, -0.25) is 4.99 Å². The monoisotopic (exact) mass is 461 g/mol. The second-order valence-corrected chi connectivity index (χ2v) is 6.71. The van der Waals surface area contributed by atoms with E-state index in [2.05, 4.69) is 41.7 Å². The van der Waals surface area contributed by atoms with Crippen LogP contribution in [0.2, 0.25) is 0 Å². The molecule has 0 aliphatic heterocycles. The van der Waals surface area contributed by atoms with Gasteiger partial charge in [-0.15, -0.1) is 35.3 Å². The quantitative estimate of drug-likeness (QED) is 0.387. The maximum absolute atomic E-state index is 6.00. The molecule has 132 valence electrons. The molecule has 1 aromatic carbocycles. The summed E-state index contributed by atoms with van der Waals surface area (Å²) in [6.45, 7) is 4.93. The standard InChI is InChI=1S/C17H23N3O2S.HI/c1-17(2,15-6-5-9-23-15)11-19-16(18)20-12-7-8-13(21-3)14(10-12)22-4;/h5-10H,11H2,1-4H3,(H3,18,19,20);1H. The number of halogens is 1. The van der Waals surface area contributed by atoms with Crippen LogP contribution < -0.4 is 20.5 Å². The van der Waals surface area contributed by atoms with Gasteiger partial charge in [-0.25, -0.2) is 0 Å². The number of anilines is 1. The third-order valence-corrected chi connectivity index (χ3v) is 4.72. The Bertz CT molecular complexity index is 672. The van der Waals surface area contributed by atoms with Gasteiger partial charge in [0.25, 0.3) is 0 Å². The van der Waals surface area contributed by atoms with Crippen molar-refractivity contribution in [1.29, 1.82) is 0 Å². The topological polar surface area (TPSA) is 68.9 Å². The van der Waals surface area contributed by atoms with Gasteiger partial charge in [0.15, 0.2) is 17.5 Å². The second-order valence-electron chi connectivity index (χ2n) is 5.76. The van der Waals surface area contributed by atoms with Gasteiger partial charge in [0, 0.05) is 22.0 Å². The Hall–Kier alpha value is -1.48. The first kappa shape index (κ1) is 20.6. The number of methoxy groups -OCH3 is 2. The summed E-state index contributed by atoms with van der Waals surface area (Å²) >= 11 is 1.73. The summed E-state index contributed by atoms with van der Waals surface area (Å²) in [7, 11) is 3.20. The molecule has 7 heteroatoms. The maximum Gasteiger partial charge on any atom is 0.193 e. The molecule has 0 aliphatic rings. The summed E-state index contributed by atoms with van der Waals surface area (Å²) in [6, 6.07) is 9.69. The van der Waals surface area contributed by atoms with Gasteiger partial charge in [-0.1, -0.05) is 19.9 Å². The van der Waals surface area contributed by atoms with Crippen molar-refractivity contribution in [2.75, 3.05) is 26.1 Å². The molecule has 0 saturated heterocycles. The Labute approximate surface area is 164 Å². The molecule has 2 aromatic rings. The highest BCUT2D eigenvalue weighted by Gasteiger charge is 2.21. The Morgan fingerprint density at radius 1 is 1.21 bits per heavy atom. The lowest BCUT2D eigenvalue weighted by Gasteiger charge is -2.21. The van der Waals surface area contributed by atoms with Crippen molar-refractivity contribution >= 4 is 47.0 Å². The van der Waals surface area contributed by atoms with E-state index in [0.29, 0.717) is 24.0 Å². The molecule has 3 N–H and O–H groups in total. The number of nitrogens with zero attached hydrogens (tertiary/aromatic N) is 1. The van der Waals surface area contributed by atoms with Crippen LogP contribution in [0.4, 0.5) is 5.69 Å². The second kappa shape index (κ2) is 9.12. The molecule has 0 spiro atoms. The molecule has 1 aromatic heterocycles. The van der Waals surface area contributed by atoms with Gasteiger partial charge >= 0.3 is 0 Å². The minimum atomic E-state index is -0.0436. The van der Waals surface area contributed by atoms with Crippen molar-refractivity contribution in [3.63, 3.8) is 0 Å². The Morgan fingerprint density at radius 3 is 2.50 bits per heavy atom. The van der Waals surface area contributed by atoms with Crippen LogP contribution in [0.5, 0.6) is 11.5 Å². The Morgan fingerprint density at radius 2 is 1.92 bits per heavy atom. The first-order chi connectivity index (χ1) is 11.0. The maximum atomic E-state index is 6.00. The summed E-state index contributed by atoms with van der Waals surface area (Å²) in [5.41, 5.74) is 6.76. The van der Waals surface area contributed by atoms with E-state index in [0.717, 1.165) is 5.69 Å². The molecule has 0 bridgehead atoms. The Balaban J connectivity index is 0.00000288. The fourth-order valence-corrected chi connectivity index (χ4v) is 2.97. The average molecular weight is 461 g/mol. The van der Waals surface area contributed by atoms with E-state index < -0.39 is 0 Å². The smallest absolute Gasteiger partial charge is 0.193 e. The lowest BCUT2D eigenvalue weighted by molar-refractivity contribution is 0.355. The van der Waals surface area contributed by atoms with Crippen LogP contribution in [-0.2, 0) is 5.41 Å². The van der Waals surface area contributed by atoms with Gasteiger partial charge in [0.2, 0.25) is 0 Å². The normalized spacial score (nSPS) is 11.6. The number of nitrogens with two attached hydrogens (primary N) is 1. The first-order valence-electron chi connectivity index (χ1n) is 7.29. The highest BCUT2D eigenvalue weighted by molar-refractivity contribution is 14.0. The zero-order valence-corrected chi connectivity index (χ0v) is 17.5. The fraction of sp³-hybridized carbons (Fsp3) is 0.353. The minimum absolute atomic E-state index is 0. The largest absolute Gasteiger partial charge is 0.493 e. The van der Waals surface area contributed by atoms with Gasteiger partial charge in [0.1, 0.15) is 0 Å². The molecule has 0 saturated carbocycles.